The minimum absolute atomic E-state index is 0.254. The Morgan fingerprint density at radius 2 is 1.96 bits per heavy atom. The SMILES string of the molecule is Cn1nccc1-c1cncc(CC2CCN(C(=O)C(C)(C)C)CC2)n1. The Balaban J connectivity index is 1.61. The second-order valence-corrected chi connectivity index (χ2v) is 7.93. The van der Waals surface area contributed by atoms with Gasteiger partial charge in [-0.25, -0.2) is 4.98 Å². The van der Waals surface area contributed by atoms with Gasteiger partial charge in [-0.1, -0.05) is 20.8 Å². The normalized spacial score (nSPS) is 16.2. The summed E-state index contributed by atoms with van der Waals surface area (Å²) in [6.45, 7) is 7.65. The van der Waals surface area contributed by atoms with Crippen LogP contribution in [0.1, 0.15) is 39.3 Å². The molecule has 0 aliphatic carbocycles. The van der Waals surface area contributed by atoms with Crippen LogP contribution in [0.2, 0.25) is 0 Å². The number of aromatic nitrogens is 4. The van der Waals surface area contributed by atoms with Crippen LogP contribution in [0.5, 0.6) is 0 Å². The molecular weight excluding hydrogens is 314 g/mol. The van der Waals surface area contributed by atoms with Crippen molar-refractivity contribution < 1.29 is 4.79 Å². The molecule has 0 atom stereocenters. The lowest BCUT2D eigenvalue weighted by Crippen LogP contribution is -2.44. The summed E-state index contributed by atoms with van der Waals surface area (Å²) in [5, 5.41) is 4.19. The molecule has 0 aromatic carbocycles. The Labute approximate surface area is 149 Å². The number of rotatable bonds is 3. The Morgan fingerprint density at radius 3 is 2.56 bits per heavy atom. The monoisotopic (exact) mass is 341 g/mol. The van der Waals surface area contributed by atoms with Gasteiger partial charge < -0.3 is 4.90 Å². The topological polar surface area (TPSA) is 63.9 Å². The summed E-state index contributed by atoms with van der Waals surface area (Å²) < 4.78 is 1.81. The van der Waals surface area contributed by atoms with Gasteiger partial charge in [-0.3, -0.25) is 14.5 Å². The minimum Gasteiger partial charge on any atom is -0.342 e. The molecule has 1 aliphatic heterocycles. The number of carbonyl (C=O) groups is 1. The fourth-order valence-corrected chi connectivity index (χ4v) is 3.36. The zero-order valence-electron chi connectivity index (χ0n) is 15.6. The van der Waals surface area contributed by atoms with Crippen LogP contribution in [0, 0.1) is 11.3 Å². The number of likely N-dealkylation sites (tertiary alicyclic amines) is 1. The van der Waals surface area contributed by atoms with E-state index in [4.69, 9.17) is 4.98 Å². The summed E-state index contributed by atoms with van der Waals surface area (Å²) in [6.07, 6.45) is 8.37. The second-order valence-electron chi connectivity index (χ2n) is 7.93. The fourth-order valence-electron chi connectivity index (χ4n) is 3.36. The van der Waals surface area contributed by atoms with E-state index in [0.29, 0.717) is 5.92 Å². The van der Waals surface area contributed by atoms with Gasteiger partial charge in [0.1, 0.15) is 5.69 Å². The highest BCUT2D eigenvalue weighted by atomic mass is 16.2. The van der Waals surface area contributed by atoms with Crippen LogP contribution in [0.3, 0.4) is 0 Å². The maximum absolute atomic E-state index is 12.4. The molecular formula is C19H27N5O. The molecule has 0 bridgehead atoms. The standard InChI is InChI=1S/C19H27N5O/c1-19(2,3)18(25)24-9-6-14(7-10-24)11-15-12-20-13-16(22-15)17-5-8-21-23(17)4/h5,8,12-14H,6-7,9-11H2,1-4H3. The van der Waals surface area contributed by atoms with Crippen molar-refractivity contribution in [3.63, 3.8) is 0 Å². The summed E-state index contributed by atoms with van der Waals surface area (Å²) in [6, 6.07) is 1.95. The first-order valence-corrected chi connectivity index (χ1v) is 8.93. The summed E-state index contributed by atoms with van der Waals surface area (Å²) in [5.74, 6) is 0.809. The average Bonchev–Trinajstić information content (AvgIpc) is 3.00. The van der Waals surface area contributed by atoms with Crippen LogP contribution in [0.15, 0.2) is 24.7 Å². The number of hydrogen-bond acceptors (Lipinski definition) is 4. The van der Waals surface area contributed by atoms with E-state index in [1.807, 2.05) is 49.7 Å². The quantitative estimate of drug-likeness (QED) is 0.861. The van der Waals surface area contributed by atoms with Crippen molar-refractivity contribution in [2.75, 3.05) is 13.1 Å². The highest BCUT2D eigenvalue weighted by molar-refractivity contribution is 5.81. The van der Waals surface area contributed by atoms with Gasteiger partial charge in [0.25, 0.3) is 0 Å². The van der Waals surface area contributed by atoms with E-state index in [-0.39, 0.29) is 11.3 Å². The van der Waals surface area contributed by atoms with E-state index in [2.05, 4.69) is 10.1 Å². The van der Waals surface area contributed by atoms with Gasteiger partial charge in [-0.2, -0.15) is 5.10 Å². The van der Waals surface area contributed by atoms with Crippen LogP contribution in [-0.4, -0.2) is 43.6 Å². The molecule has 0 unspecified atom stereocenters. The van der Waals surface area contributed by atoms with Crippen LogP contribution in [0.4, 0.5) is 0 Å². The molecule has 6 nitrogen and oxygen atoms in total. The fraction of sp³-hybridized carbons (Fsp3) is 0.579. The van der Waals surface area contributed by atoms with Crippen molar-refractivity contribution in [1.82, 2.24) is 24.6 Å². The molecule has 1 aliphatic rings. The molecule has 1 saturated heterocycles. The Hall–Kier alpha value is -2.24. The first-order valence-electron chi connectivity index (χ1n) is 8.93. The Kier molecular flexibility index (Phi) is 4.88. The van der Waals surface area contributed by atoms with Crippen molar-refractivity contribution in [1.29, 1.82) is 0 Å². The molecule has 1 fully saturated rings. The predicted octanol–water partition coefficient (Wildman–Crippen LogP) is 2.70. The maximum atomic E-state index is 12.4. The van der Waals surface area contributed by atoms with Crippen molar-refractivity contribution in [2.45, 2.75) is 40.0 Å². The summed E-state index contributed by atoms with van der Waals surface area (Å²) >= 11 is 0. The number of piperidine rings is 1. The molecule has 25 heavy (non-hydrogen) atoms. The molecule has 3 rings (SSSR count). The highest BCUT2D eigenvalue weighted by Crippen LogP contribution is 2.25. The third-order valence-electron chi connectivity index (χ3n) is 4.81. The Bertz CT molecular complexity index is 738. The molecule has 0 spiro atoms. The van der Waals surface area contributed by atoms with Gasteiger partial charge in [0.05, 0.1) is 17.6 Å². The smallest absolute Gasteiger partial charge is 0.227 e. The summed E-state index contributed by atoms with van der Waals surface area (Å²) in [5.41, 5.74) is 2.55. The Morgan fingerprint density at radius 1 is 1.24 bits per heavy atom. The minimum atomic E-state index is -0.296. The van der Waals surface area contributed by atoms with Crippen molar-refractivity contribution >= 4 is 5.91 Å². The van der Waals surface area contributed by atoms with Crippen molar-refractivity contribution in [3.05, 3.63) is 30.4 Å². The number of hydrogen-bond donors (Lipinski definition) is 0. The number of nitrogens with zero attached hydrogens (tertiary/aromatic N) is 5. The molecule has 0 saturated carbocycles. The number of carbonyl (C=O) groups excluding carboxylic acids is 1. The predicted molar refractivity (Wildman–Crippen MR) is 96.7 cm³/mol. The number of aryl methyl sites for hydroxylation is 1. The summed E-state index contributed by atoms with van der Waals surface area (Å²) in [4.78, 5) is 23.5. The molecule has 2 aromatic rings. The van der Waals surface area contributed by atoms with Gasteiger partial charge in [0.15, 0.2) is 0 Å². The van der Waals surface area contributed by atoms with Crippen LogP contribution < -0.4 is 0 Å². The van der Waals surface area contributed by atoms with E-state index in [9.17, 15) is 4.79 Å². The summed E-state index contributed by atoms with van der Waals surface area (Å²) in [7, 11) is 1.91. The van der Waals surface area contributed by atoms with Crippen LogP contribution in [-0.2, 0) is 18.3 Å². The first kappa shape index (κ1) is 17.6. The van der Waals surface area contributed by atoms with E-state index in [0.717, 1.165) is 49.4 Å². The largest absolute Gasteiger partial charge is 0.342 e. The van der Waals surface area contributed by atoms with Crippen LogP contribution in [0.25, 0.3) is 11.4 Å². The molecule has 0 radical (unpaired) electrons. The van der Waals surface area contributed by atoms with Crippen molar-refractivity contribution in [3.8, 4) is 11.4 Å². The average molecular weight is 341 g/mol. The molecule has 6 heteroatoms. The zero-order valence-corrected chi connectivity index (χ0v) is 15.6. The molecule has 2 aromatic heterocycles. The molecule has 134 valence electrons. The van der Waals surface area contributed by atoms with E-state index >= 15 is 0 Å². The molecule has 0 N–H and O–H groups in total. The van der Waals surface area contributed by atoms with E-state index in [1.54, 1.807) is 12.4 Å². The third kappa shape index (κ3) is 4.06. The first-order chi connectivity index (χ1) is 11.8. The van der Waals surface area contributed by atoms with E-state index in [1.165, 1.54) is 0 Å². The highest BCUT2D eigenvalue weighted by Gasteiger charge is 2.30. The van der Waals surface area contributed by atoms with E-state index < -0.39 is 0 Å². The van der Waals surface area contributed by atoms with Gasteiger partial charge in [-0.15, -0.1) is 0 Å². The zero-order chi connectivity index (χ0) is 18.0. The molecule has 1 amide bonds. The van der Waals surface area contributed by atoms with Crippen LogP contribution >= 0.6 is 0 Å². The van der Waals surface area contributed by atoms with Gasteiger partial charge >= 0.3 is 0 Å². The number of amides is 1. The van der Waals surface area contributed by atoms with Gasteiger partial charge in [-0.05, 0) is 31.2 Å². The molecule has 3 heterocycles. The van der Waals surface area contributed by atoms with Gasteiger partial charge in [0.2, 0.25) is 5.91 Å². The van der Waals surface area contributed by atoms with Gasteiger partial charge in [0, 0.05) is 37.9 Å². The lowest BCUT2D eigenvalue weighted by molar-refractivity contribution is -0.140. The lowest BCUT2D eigenvalue weighted by atomic mass is 9.89. The lowest BCUT2D eigenvalue weighted by Gasteiger charge is -2.35. The van der Waals surface area contributed by atoms with Crippen molar-refractivity contribution in [2.24, 2.45) is 18.4 Å². The maximum Gasteiger partial charge on any atom is 0.227 e. The second kappa shape index (κ2) is 6.94. The third-order valence-corrected chi connectivity index (χ3v) is 4.81.